The van der Waals surface area contributed by atoms with Crippen molar-refractivity contribution in [2.75, 3.05) is 47.1 Å². The number of aliphatic hydroxyl groups is 2. The minimum absolute atomic E-state index is 0.00753. The Balaban J connectivity index is 0. The van der Waals surface area contributed by atoms with Gasteiger partial charge in [0.15, 0.2) is 6.29 Å². The van der Waals surface area contributed by atoms with Gasteiger partial charge in [-0.1, -0.05) is 156 Å². The van der Waals surface area contributed by atoms with E-state index in [-0.39, 0.29) is 18.4 Å². The molecular weight excluding hydrogens is 590 g/mol. The van der Waals surface area contributed by atoms with Gasteiger partial charge in [0.2, 0.25) is 0 Å². The van der Waals surface area contributed by atoms with Gasteiger partial charge in [-0.05, 0) is 39.8 Å². The molecule has 1 saturated heterocycles. The van der Waals surface area contributed by atoms with Crippen LogP contribution in [0.3, 0.4) is 0 Å². The summed E-state index contributed by atoms with van der Waals surface area (Å²) in [6, 6.07) is 0. The molecule has 284 valence electrons. The van der Waals surface area contributed by atoms with E-state index in [0.717, 1.165) is 38.7 Å². The van der Waals surface area contributed by atoms with Crippen LogP contribution < -0.4 is 0 Å². The number of hydrogen-bond acceptors (Lipinski definition) is 7. The zero-order valence-electron chi connectivity index (χ0n) is 32.3. The first-order valence-electron chi connectivity index (χ1n) is 20.2. The molecule has 0 aromatic carbocycles. The Bertz CT molecular complexity index is 557. The molecule has 1 rings (SSSR count). The summed E-state index contributed by atoms with van der Waals surface area (Å²) in [4.78, 5) is 13.6. The van der Waals surface area contributed by atoms with Gasteiger partial charge in [0.25, 0.3) is 0 Å². The molecule has 0 spiro atoms. The highest BCUT2D eigenvalue weighted by Crippen LogP contribution is 2.21. The van der Waals surface area contributed by atoms with Crippen molar-refractivity contribution in [3.63, 3.8) is 0 Å². The Morgan fingerprint density at radius 2 is 1.02 bits per heavy atom. The van der Waals surface area contributed by atoms with Gasteiger partial charge in [0, 0.05) is 32.8 Å². The first-order valence-corrected chi connectivity index (χ1v) is 20.2. The molecule has 0 aromatic heterocycles. The predicted octanol–water partition coefficient (Wildman–Crippen LogP) is 10.4. The van der Waals surface area contributed by atoms with Crippen LogP contribution in [-0.4, -0.2) is 80.5 Å². The fourth-order valence-electron chi connectivity index (χ4n) is 5.43. The highest BCUT2D eigenvalue weighted by Gasteiger charge is 2.26. The van der Waals surface area contributed by atoms with Crippen LogP contribution in [0.2, 0.25) is 0 Å². The first-order chi connectivity index (χ1) is 22.9. The second kappa shape index (κ2) is 41.4. The molecule has 0 radical (unpaired) electrons. The molecule has 0 amide bonds. The summed E-state index contributed by atoms with van der Waals surface area (Å²) in [6.07, 6.45) is 33.3. The largest absolute Gasteiger partial charge is 0.463 e. The van der Waals surface area contributed by atoms with Gasteiger partial charge in [-0.15, -0.1) is 0 Å². The molecule has 47 heavy (non-hydrogen) atoms. The van der Waals surface area contributed by atoms with Crippen LogP contribution in [0.25, 0.3) is 0 Å². The van der Waals surface area contributed by atoms with Crippen molar-refractivity contribution in [2.24, 2.45) is 0 Å². The number of unbranched alkanes of at least 4 members (excludes halogenated alkanes) is 21. The first kappa shape index (κ1) is 48.4. The lowest BCUT2D eigenvalue weighted by molar-refractivity contribution is -0.160. The van der Waals surface area contributed by atoms with Gasteiger partial charge >= 0.3 is 5.97 Å². The van der Waals surface area contributed by atoms with Crippen LogP contribution in [-0.2, 0) is 19.0 Å². The third-order valence-corrected chi connectivity index (χ3v) is 8.59. The number of hydrogen-bond donors (Lipinski definition) is 2. The molecule has 0 unspecified atom stereocenters. The van der Waals surface area contributed by atoms with Crippen molar-refractivity contribution in [3.8, 4) is 0 Å². The fraction of sp³-hybridized carbons (Fsp3) is 0.975. The average molecular weight is 674 g/mol. The number of nitrogens with zero attached hydrogens (tertiary/aromatic N) is 1. The molecule has 1 fully saturated rings. The van der Waals surface area contributed by atoms with E-state index in [1.54, 1.807) is 0 Å². The van der Waals surface area contributed by atoms with Crippen LogP contribution >= 0.6 is 0 Å². The highest BCUT2D eigenvalue weighted by molar-refractivity contribution is 5.69. The highest BCUT2D eigenvalue weighted by atomic mass is 16.7. The molecule has 1 heterocycles. The lowest BCUT2D eigenvalue weighted by Crippen LogP contribution is -2.23. The summed E-state index contributed by atoms with van der Waals surface area (Å²) in [5, 5.41) is 17.0. The molecule has 1 aliphatic heterocycles. The van der Waals surface area contributed by atoms with E-state index < -0.39 is 0 Å². The lowest BCUT2D eigenvalue weighted by atomic mass is 10.1. The Hall–Kier alpha value is -0.730. The minimum Gasteiger partial charge on any atom is -0.463 e. The second-order valence-corrected chi connectivity index (χ2v) is 13.7. The maximum Gasteiger partial charge on any atom is 0.307 e. The Labute approximate surface area is 293 Å². The summed E-state index contributed by atoms with van der Waals surface area (Å²) in [5.74, 6) is -0.152. The van der Waals surface area contributed by atoms with Gasteiger partial charge in [-0.3, -0.25) is 4.79 Å². The zero-order valence-corrected chi connectivity index (χ0v) is 32.3. The van der Waals surface area contributed by atoms with Gasteiger partial charge in [0.05, 0.1) is 12.5 Å². The third kappa shape index (κ3) is 41.4. The van der Waals surface area contributed by atoms with Crippen LogP contribution in [0, 0.1) is 0 Å². The molecule has 0 saturated carbocycles. The lowest BCUT2D eigenvalue weighted by Gasteiger charge is -2.15. The van der Waals surface area contributed by atoms with E-state index in [9.17, 15) is 4.79 Å². The van der Waals surface area contributed by atoms with Crippen molar-refractivity contribution in [1.82, 2.24) is 4.90 Å². The van der Waals surface area contributed by atoms with E-state index in [2.05, 4.69) is 20.8 Å². The Kier molecular flexibility index (Phi) is 42.7. The Morgan fingerprint density at radius 3 is 1.43 bits per heavy atom. The number of rotatable bonds is 31. The van der Waals surface area contributed by atoms with Crippen molar-refractivity contribution < 1.29 is 29.2 Å². The molecule has 7 heteroatoms. The minimum atomic E-state index is -0.152. The van der Waals surface area contributed by atoms with Gasteiger partial charge < -0.3 is 29.3 Å². The number of ether oxygens (including phenoxy) is 3. The van der Waals surface area contributed by atoms with Gasteiger partial charge in [-0.2, -0.15) is 0 Å². The molecule has 1 aliphatic rings. The van der Waals surface area contributed by atoms with Crippen molar-refractivity contribution in [2.45, 2.75) is 207 Å². The Morgan fingerprint density at radius 1 is 0.617 bits per heavy atom. The topological polar surface area (TPSA) is 88.5 Å². The van der Waals surface area contributed by atoms with E-state index in [4.69, 9.17) is 24.4 Å². The number of esters is 1. The predicted molar refractivity (Wildman–Crippen MR) is 200 cm³/mol. The van der Waals surface area contributed by atoms with Gasteiger partial charge in [-0.25, -0.2) is 0 Å². The number of carbonyl (C=O) groups excluding carboxylic acids is 1. The summed E-state index contributed by atoms with van der Waals surface area (Å²) < 4.78 is 16.9. The van der Waals surface area contributed by atoms with Crippen molar-refractivity contribution >= 4 is 5.97 Å². The monoisotopic (exact) mass is 674 g/mol. The SMILES string of the molecule is CCCCCCCCCCO.CCCCCCCCCCO.CCCCCCCCCCO[C@H]1CC[C@@H](COC(=O)CCN(C)C)O1. The standard InChI is InChI=1S/C20H39NO4.2C10H22O/c1-4-5-6-7-8-9-10-11-16-23-20-13-12-18(25-20)17-24-19(22)14-15-21(2)3;2*1-2-3-4-5-6-7-8-9-10-11/h18,20H,4-17H2,1-3H3;2*11H,2-10H2,1H3/t18-,20+;;/m0../s1. The normalized spacial score (nSPS) is 15.7. The van der Waals surface area contributed by atoms with E-state index in [0.29, 0.717) is 32.8 Å². The van der Waals surface area contributed by atoms with E-state index in [1.165, 1.54) is 135 Å². The molecule has 0 bridgehead atoms. The van der Waals surface area contributed by atoms with Crippen LogP contribution in [0.5, 0.6) is 0 Å². The maximum absolute atomic E-state index is 11.6. The molecule has 2 atom stereocenters. The average Bonchev–Trinajstić information content (AvgIpc) is 3.53. The summed E-state index contributed by atoms with van der Waals surface area (Å²) in [6.45, 7) is 9.32. The van der Waals surface area contributed by atoms with Gasteiger partial charge in [0.1, 0.15) is 6.61 Å². The zero-order chi connectivity index (χ0) is 35.1. The smallest absolute Gasteiger partial charge is 0.307 e. The molecule has 0 aromatic rings. The molecular formula is C40H83NO6. The number of carbonyl (C=O) groups is 1. The molecule has 7 nitrogen and oxygen atoms in total. The summed E-state index contributed by atoms with van der Waals surface area (Å²) >= 11 is 0. The maximum atomic E-state index is 11.6. The third-order valence-electron chi connectivity index (χ3n) is 8.59. The quantitative estimate of drug-likeness (QED) is 0.0559. The van der Waals surface area contributed by atoms with Crippen LogP contribution in [0.15, 0.2) is 0 Å². The summed E-state index contributed by atoms with van der Waals surface area (Å²) in [5.41, 5.74) is 0. The van der Waals surface area contributed by atoms with Crippen LogP contribution in [0.4, 0.5) is 0 Å². The second-order valence-electron chi connectivity index (χ2n) is 13.7. The van der Waals surface area contributed by atoms with Crippen molar-refractivity contribution in [3.05, 3.63) is 0 Å². The van der Waals surface area contributed by atoms with Crippen LogP contribution in [0.1, 0.15) is 194 Å². The van der Waals surface area contributed by atoms with Crippen molar-refractivity contribution in [1.29, 1.82) is 0 Å². The number of aliphatic hydroxyl groups excluding tert-OH is 2. The fourth-order valence-corrected chi connectivity index (χ4v) is 5.43. The van der Waals surface area contributed by atoms with E-state index >= 15 is 0 Å². The summed E-state index contributed by atoms with van der Waals surface area (Å²) in [7, 11) is 3.89. The molecule has 2 N–H and O–H groups in total. The van der Waals surface area contributed by atoms with E-state index in [1.807, 2.05) is 19.0 Å². The molecule has 0 aliphatic carbocycles.